The van der Waals surface area contributed by atoms with Gasteiger partial charge in [0.25, 0.3) is 0 Å². The predicted octanol–water partition coefficient (Wildman–Crippen LogP) is 4.45. The fourth-order valence-electron chi connectivity index (χ4n) is 3.45. The van der Waals surface area contributed by atoms with Crippen molar-refractivity contribution in [3.05, 3.63) is 77.1 Å². The molecule has 0 saturated carbocycles. The Morgan fingerprint density at radius 2 is 1.81 bits per heavy atom. The maximum Gasteiger partial charge on any atom is 0.243 e. The molecule has 0 spiro atoms. The smallest absolute Gasteiger partial charge is 0.243 e. The van der Waals surface area contributed by atoms with Crippen LogP contribution in [0.3, 0.4) is 0 Å². The lowest BCUT2D eigenvalue weighted by Gasteiger charge is -2.20. The van der Waals surface area contributed by atoms with Crippen molar-refractivity contribution in [1.82, 2.24) is 14.9 Å². The number of aromatic nitrogens is 2. The zero-order valence-electron chi connectivity index (χ0n) is 19.0. The summed E-state index contributed by atoms with van der Waals surface area (Å²) in [6, 6.07) is 17.9. The molecule has 0 saturated heterocycles. The molecule has 2 amide bonds. The average molecular weight is 451 g/mol. The minimum absolute atomic E-state index is 0.00176. The first-order chi connectivity index (χ1) is 15.4. The van der Waals surface area contributed by atoms with Crippen LogP contribution in [0.15, 0.2) is 59.8 Å². The van der Waals surface area contributed by atoms with Gasteiger partial charge in [-0.15, -0.1) is 0 Å². The molecule has 0 bridgehead atoms. The first-order valence-electron chi connectivity index (χ1n) is 10.8. The van der Waals surface area contributed by atoms with E-state index in [1.54, 1.807) is 7.05 Å². The molecule has 0 fully saturated rings. The van der Waals surface area contributed by atoms with Crippen molar-refractivity contribution in [2.24, 2.45) is 0 Å². The molecule has 1 atom stereocenters. The highest BCUT2D eigenvalue weighted by atomic mass is 32.2. The molecule has 3 rings (SSSR count). The van der Waals surface area contributed by atoms with Gasteiger partial charge in [0.1, 0.15) is 0 Å². The summed E-state index contributed by atoms with van der Waals surface area (Å²) >= 11 is 1.37. The molecule has 3 aromatic rings. The van der Waals surface area contributed by atoms with Gasteiger partial charge in [0, 0.05) is 24.8 Å². The summed E-state index contributed by atoms with van der Waals surface area (Å²) in [5.74, 6) is -0.328. The number of para-hydroxylation sites is 1. The molecule has 6 nitrogen and oxygen atoms in total. The monoisotopic (exact) mass is 450 g/mol. The van der Waals surface area contributed by atoms with Gasteiger partial charge in [-0.3, -0.25) is 9.59 Å². The maximum atomic E-state index is 12.8. The number of carbonyl (C=O) groups excluding carboxylic acids is 2. The number of benzene rings is 2. The molecule has 1 aromatic heterocycles. The van der Waals surface area contributed by atoms with Crippen LogP contribution in [0.25, 0.3) is 0 Å². The highest BCUT2D eigenvalue weighted by molar-refractivity contribution is 8.00. The Hall–Kier alpha value is -3.06. The maximum absolute atomic E-state index is 12.8. The molecule has 7 heteroatoms. The SMILES string of the molecule is CCc1ccccc1NC(=O)CN(C)C(=O)C(C)Sc1nc(Cc2ccccc2)c(C)[nH]1. The summed E-state index contributed by atoms with van der Waals surface area (Å²) in [7, 11) is 1.65. The highest BCUT2D eigenvalue weighted by Crippen LogP contribution is 2.24. The molecule has 32 heavy (non-hydrogen) atoms. The van der Waals surface area contributed by atoms with Gasteiger partial charge in [-0.2, -0.15) is 0 Å². The van der Waals surface area contributed by atoms with E-state index in [2.05, 4.69) is 27.4 Å². The van der Waals surface area contributed by atoms with E-state index in [1.807, 2.05) is 63.2 Å². The van der Waals surface area contributed by atoms with E-state index >= 15 is 0 Å². The molecule has 0 radical (unpaired) electrons. The fraction of sp³-hybridized carbons (Fsp3) is 0.320. The average Bonchev–Trinajstić information content (AvgIpc) is 3.12. The second-order valence-electron chi connectivity index (χ2n) is 7.79. The van der Waals surface area contributed by atoms with Crippen molar-refractivity contribution in [1.29, 1.82) is 0 Å². The van der Waals surface area contributed by atoms with Gasteiger partial charge in [0.15, 0.2) is 5.16 Å². The Balaban J connectivity index is 1.55. The quantitative estimate of drug-likeness (QED) is 0.472. The van der Waals surface area contributed by atoms with Gasteiger partial charge < -0.3 is 15.2 Å². The minimum atomic E-state index is -0.370. The predicted molar refractivity (Wildman–Crippen MR) is 130 cm³/mol. The fourth-order valence-corrected chi connectivity index (χ4v) is 4.44. The number of aromatic amines is 1. The summed E-state index contributed by atoms with van der Waals surface area (Å²) < 4.78 is 0. The van der Waals surface area contributed by atoms with Crippen LogP contribution in [0, 0.1) is 6.92 Å². The Kier molecular flexibility index (Phi) is 8.11. The van der Waals surface area contributed by atoms with Gasteiger partial charge in [0.05, 0.1) is 17.5 Å². The van der Waals surface area contributed by atoms with E-state index in [0.29, 0.717) is 5.16 Å². The summed E-state index contributed by atoms with van der Waals surface area (Å²) in [5.41, 5.74) is 5.02. The number of aryl methyl sites for hydroxylation is 2. The molecule has 1 heterocycles. The minimum Gasteiger partial charge on any atom is -0.337 e. The van der Waals surface area contributed by atoms with Crippen LogP contribution < -0.4 is 5.32 Å². The summed E-state index contributed by atoms with van der Waals surface area (Å²) in [6.45, 7) is 5.87. The third-order valence-corrected chi connectivity index (χ3v) is 6.22. The molecule has 0 aliphatic rings. The van der Waals surface area contributed by atoms with Crippen LogP contribution in [0.2, 0.25) is 0 Å². The Labute approximate surface area is 193 Å². The van der Waals surface area contributed by atoms with E-state index in [1.165, 1.54) is 22.2 Å². The number of H-pyrrole nitrogens is 1. The van der Waals surface area contributed by atoms with E-state index in [4.69, 9.17) is 0 Å². The normalized spacial score (nSPS) is 11.8. The van der Waals surface area contributed by atoms with Crippen molar-refractivity contribution in [2.75, 3.05) is 18.9 Å². The van der Waals surface area contributed by atoms with Crippen molar-refractivity contribution < 1.29 is 9.59 Å². The third-order valence-electron chi connectivity index (χ3n) is 5.24. The largest absolute Gasteiger partial charge is 0.337 e. The van der Waals surface area contributed by atoms with E-state index in [0.717, 1.165) is 35.5 Å². The molecule has 2 aromatic carbocycles. The second-order valence-corrected chi connectivity index (χ2v) is 9.12. The number of thioether (sulfide) groups is 1. The molecule has 0 aliphatic heterocycles. The molecule has 168 valence electrons. The number of nitrogens with one attached hydrogen (secondary N) is 2. The lowest BCUT2D eigenvalue weighted by Crippen LogP contribution is -2.39. The summed E-state index contributed by atoms with van der Waals surface area (Å²) in [5, 5.41) is 3.25. The summed E-state index contributed by atoms with van der Waals surface area (Å²) in [6.07, 6.45) is 1.57. The van der Waals surface area contributed by atoms with Crippen molar-refractivity contribution in [2.45, 2.75) is 44.0 Å². The Morgan fingerprint density at radius 1 is 1.12 bits per heavy atom. The van der Waals surface area contributed by atoms with Crippen molar-refractivity contribution in [3.8, 4) is 0 Å². The molecule has 2 N–H and O–H groups in total. The standard InChI is InChI=1S/C25H30N4O2S/c1-5-20-13-9-10-14-21(20)27-23(30)16-29(4)24(31)18(3)32-25-26-17(2)22(28-25)15-19-11-7-6-8-12-19/h6-14,18H,5,15-16H2,1-4H3,(H,26,28)(H,27,30). The van der Waals surface area contributed by atoms with Gasteiger partial charge in [-0.05, 0) is 37.5 Å². The number of nitrogens with zero attached hydrogens (tertiary/aromatic N) is 2. The van der Waals surface area contributed by atoms with Gasteiger partial charge >= 0.3 is 0 Å². The summed E-state index contributed by atoms with van der Waals surface area (Å²) in [4.78, 5) is 34.7. The van der Waals surface area contributed by atoms with Crippen LogP contribution in [0.4, 0.5) is 5.69 Å². The first kappa shape index (κ1) is 23.6. The number of hydrogen-bond acceptors (Lipinski definition) is 4. The van der Waals surface area contributed by atoms with Gasteiger partial charge in [-0.25, -0.2) is 4.98 Å². The Bertz CT molecular complexity index is 1060. The topological polar surface area (TPSA) is 78.1 Å². The van der Waals surface area contributed by atoms with Gasteiger partial charge in [-0.1, -0.05) is 67.2 Å². The van der Waals surface area contributed by atoms with Crippen LogP contribution in [-0.2, 0) is 22.4 Å². The Morgan fingerprint density at radius 3 is 2.53 bits per heavy atom. The zero-order chi connectivity index (χ0) is 23.1. The van der Waals surface area contributed by atoms with Crippen LogP contribution >= 0.6 is 11.8 Å². The number of carbonyl (C=O) groups is 2. The molecule has 0 aliphatic carbocycles. The van der Waals surface area contributed by atoms with Crippen LogP contribution in [0.5, 0.6) is 0 Å². The highest BCUT2D eigenvalue weighted by Gasteiger charge is 2.22. The second kappa shape index (κ2) is 11.0. The van der Waals surface area contributed by atoms with E-state index in [-0.39, 0.29) is 23.6 Å². The number of hydrogen-bond donors (Lipinski definition) is 2. The van der Waals surface area contributed by atoms with Crippen LogP contribution in [0.1, 0.15) is 36.4 Å². The number of anilines is 1. The number of amides is 2. The molecule has 1 unspecified atom stereocenters. The lowest BCUT2D eigenvalue weighted by molar-refractivity contribution is -0.132. The number of likely N-dealkylation sites (N-methyl/N-ethyl adjacent to an activating group) is 1. The van der Waals surface area contributed by atoms with E-state index in [9.17, 15) is 9.59 Å². The van der Waals surface area contributed by atoms with E-state index < -0.39 is 0 Å². The van der Waals surface area contributed by atoms with Crippen LogP contribution in [-0.4, -0.2) is 45.5 Å². The van der Waals surface area contributed by atoms with Crippen molar-refractivity contribution in [3.63, 3.8) is 0 Å². The lowest BCUT2D eigenvalue weighted by atomic mass is 10.1. The molecular formula is C25H30N4O2S. The first-order valence-corrected chi connectivity index (χ1v) is 11.6. The third kappa shape index (κ3) is 6.23. The molecular weight excluding hydrogens is 420 g/mol. The number of rotatable bonds is 9. The zero-order valence-corrected chi connectivity index (χ0v) is 19.8. The van der Waals surface area contributed by atoms with Gasteiger partial charge in [0.2, 0.25) is 11.8 Å². The van der Waals surface area contributed by atoms with Crippen molar-refractivity contribution >= 4 is 29.3 Å². The number of imidazole rings is 1.